The summed E-state index contributed by atoms with van der Waals surface area (Å²) >= 11 is 0. The molecule has 0 radical (unpaired) electrons. The zero-order valence-corrected chi connectivity index (χ0v) is 11.2. The molecular weight excluding hydrogens is 208 g/mol. The second-order valence-corrected chi connectivity index (χ2v) is 4.81. The summed E-state index contributed by atoms with van der Waals surface area (Å²) in [5.74, 6) is 0. The average Bonchev–Trinajstić information content (AvgIpc) is 2.49. The second-order valence-electron chi connectivity index (χ2n) is 4.81. The summed E-state index contributed by atoms with van der Waals surface area (Å²) in [4.78, 5) is 11.4. The van der Waals surface area contributed by atoms with Gasteiger partial charge in [-0.05, 0) is 37.0 Å². The van der Waals surface area contributed by atoms with Gasteiger partial charge in [0.25, 0.3) is 0 Å². The minimum atomic E-state index is 0.138. The number of hydrogen-bond donors (Lipinski definition) is 0. The molecule has 0 saturated heterocycles. The Labute approximate surface area is 105 Å². The van der Waals surface area contributed by atoms with Crippen LogP contribution in [0.5, 0.6) is 0 Å². The molecule has 0 spiro atoms. The summed E-state index contributed by atoms with van der Waals surface area (Å²) in [6.07, 6.45) is 9.02. The normalized spacial score (nSPS) is 10.5. The third-order valence-corrected chi connectivity index (χ3v) is 3.20. The molecule has 0 N–H and O–H groups in total. The van der Waals surface area contributed by atoms with Gasteiger partial charge < -0.3 is 0 Å². The molecule has 1 aromatic carbocycles. The maximum absolute atomic E-state index is 11.4. The van der Waals surface area contributed by atoms with Crippen molar-refractivity contribution in [3.63, 3.8) is 0 Å². The highest BCUT2D eigenvalue weighted by molar-refractivity contribution is 5.19. The van der Waals surface area contributed by atoms with E-state index in [0.29, 0.717) is 0 Å². The Hall–Kier alpha value is -1.11. The van der Waals surface area contributed by atoms with E-state index in [4.69, 9.17) is 0 Å². The van der Waals surface area contributed by atoms with Crippen molar-refractivity contribution in [3.8, 4) is 0 Å². The molecule has 0 aliphatic carbocycles. The van der Waals surface area contributed by atoms with Crippen molar-refractivity contribution in [2.75, 3.05) is 0 Å². The molecule has 0 unspecified atom stereocenters. The quantitative estimate of drug-likeness (QED) is 0.642. The van der Waals surface area contributed by atoms with Crippen LogP contribution >= 0.6 is 0 Å². The predicted molar refractivity (Wildman–Crippen MR) is 74.5 cm³/mol. The summed E-state index contributed by atoms with van der Waals surface area (Å²) in [7, 11) is 0. The second kappa shape index (κ2) is 8.05. The molecular formula is C16H24O. The van der Waals surface area contributed by atoms with E-state index in [1.54, 1.807) is 6.07 Å². The minimum Gasteiger partial charge on any atom is -0.290 e. The molecule has 0 aliphatic heterocycles. The third-order valence-electron chi connectivity index (χ3n) is 3.20. The maximum Gasteiger partial charge on any atom is 0.181 e. The van der Waals surface area contributed by atoms with Gasteiger partial charge in [-0.15, -0.1) is 0 Å². The zero-order valence-electron chi connectivity index (χ0n) is 11.2. The molecule has 1 heteroatoms. The average molecular weight is 232 g/mol. The van der Waals surface area contributed by atoms with Crippen molar-refractivity contribution in [1.29, 1.82) is 0 Å². The first kappa shape index (κ1) is 14.0. The smallest absolute Gasteiger partial charge is 0.181 e. The van der Waals surface area contributed by atoms with E-state index >= 15 is 0 Å². The molecule has 0 fully saturated rings. The SMILES string of the molecule is CCCCCCCCc1ccc(C)c(=O)cc1. The van der Waals surface area contributed by atoms with Gasteiger partial charge in [-0.1, -0.05) is 57.2 Å². The lowest BCUT2D eigenvalue weighted by Crippen LogP contribution is -1.96. The van der Waals surface area contributed by atoms with Gasteiger partial charge in [-0.2, -0.15) is 0 Å². The molecule has 0 heterocycles. The van der Waals surface area contributed by atoms with Gasteiger partial charge >= 0.3 is 0 Å². The standard InChI is InChI=1S/C16H24O/c1-3-4-5-6-7-8-9-15-11-10-14(2)16(17)13-12-15/h10-13H,3-9H2,1-2H3. The van der Waals surface area contributed by atoms with Crippen LogP contribution in [0.1, 0.15) is 56.6 Å². The van der Waals surface area contributed by atoms with E-state index in [1.165, 1.54) is 44.1 Å². The van der Waals surface area contributed by atoms with Crippen molar-refractivity contribution in [1.82, 2.24) is 0 Å². The molecule has 17 heavy (non-hydrogen) atoms. The molecule has 0 aliphatic rings. The fraction of sp³-hybridized carbons (Fsp3) is 0.562. The van der Waals surface area contributed by atoms with Crippen molar-refractivity contribution < 1.29 is 0 Å². The Morgan fingerprint density at radius 3 is 2.29 bits per heavy atom. The van der Waals surface area contributed by atoms with Gasteiger partial charge in [0, 0.05) is 0 Å². The number of rotatable bonds is 7. The van der Waals surface area contributed by atoms with Gasteiger partial charge in [-0.25, -0.2) is 0 Å². The number of unbranched alkanes of at least 4 members (excludes halogenated alkanes) is 5. The molecule has 0 bridgehead atoms. The summed E-state index contributed by atoms with van der Waals surface area (Å²) in [6, 6.07) is 7.70. The topological polar surface area (TPSA) is 17.1 Å². The minimum absolute atomic E-state index is 0.138. The van der Waals surface area contributed by atoms with Gasteiger partial charge in [-0.3, -0.25) is 4.79 Å². The van der Waals surface area contributed by atoms with Crippen LogP contribution in [0.15, 0.2) is 29.1 Å². The van der Waals surface area contributed by atoms with Crippen molar-refractivity contribution in [2.24, 2.45) is 0 Å². The molecule has 94 valence electrons. The van der Waals surface area contributed by atoms with Crippen LogP contribution in [0, 0.1) is 6.92 Å². The van der Waals surface area contributed by atoms with Crippen molar-refractivity contribution >= 4 is 0 Å². The lowest BCUT2D eigenvalue weighted by molar-refractivity contribution is 0.607. The molecule has 0 atom stereocenters. The zero-order chi connectivity index (χ0) is 12.5. The number of aryl methyl sites for hydroxylation is 2. The van der Waals surface area contributed by atoms with E-state index in [1.807, 2.05) is 19.1 Å². The first-order valence-corrected chi connectivity index (χ1v) is 6.84. The summed E-state index contributed by atoms with van der Waals surface area (Å²) in [5, 5.41) is 0. The first-order chi connectivity index (χ1) is 8.24. The van der Waals surface area contributed by atoms with Crippen LogP contribution in [0.3, 0.4) is 0 Å². The summed E-state index contributed by atoms with van der Waals surface area (Å²) < 4.78 is 0. The fourth-order valence-electron chi connectivity index (χ4n) is 1.96. The third kappa shape index (κ3) is 5.67. The Balaban J connectivity index is 2.33. The summed E-state index contributed by atoms with van der Waals surface area (Å²) in [5.41, 5.74) is 2.25. The van der Waals surface area contributed by atoms with E-state index in [-0.39, 0.29) is 5.43 Å². The van der Waals surface area contributed by atoms with Gasteiger partial charge in [0.1, 0.15) is 0 Å². The van der Waals surface area contributed by atoms with E-state index in [9.17, 15) is 4.79 Å². The molecule has 1 rings (SSSR count). The Kier molecular flexibility index (Phi) is 6.61. The highest BCUT2D eigenvalue weighted by Crippen LogP contribution is 2.09. The Morgan fingerprint density at radius 2 is 1.53 bits per heavy atom. The van der Waals surface area contributed by atoms with Gasteiger partial charge in [0.2, 0.25) is 0 Å². The molecule has 1 nitrogen and oxygen atoms in total. The Bertz CT molecular complexity index is 382. The highest BCUT2D eigenvalue weighted by atomic mass is 16.1. The van der Waals surface area contributed by atoms with Crippen LogP contribution < -0.4 is 5.43 Å². The molecule has 0 amide bonds. The van der Waals surface area contributed by atoms with Crippen LogP contribution in [-0.2, 0) is 6.42 Å². The van der Waals surface area contributed by atoms with Gasteiger partial charge in [0.15, 0.2) is 5.43 Å². The largest absolute Gasteiger partial charge is 0.290 e. The molecule has 1 aromatic rings. The van der Waals surface area contributed by atoms with Crippen LogP contribution in [0.2, 0.25) is 0 Å². The molecule has 0 aromatic heterocycles. The highest BCUT2D eigenvalue weighted by Gasteiger charge is 1.94. The number of hydrogen-bond acceptors (Lipinski definition) is 1. The lowest BCUT2D eigenvalue weighted by atomic mass is 10.1. The van der Waals surface area contributed by atoms with E-state index in [0.717, 1.165) is 12.0 Å². The monoisotopic (exact) mass is 232 g/mol. The van der Waals surface area contributed by atoms with E-state index < -0.39 is 0 Å². The van der Waals surface area contributed by atoms with Crippen LogP contribution in [0.25, 0.3) is 0 Å². The fourth-order valence-corrected chi connectivity index (χ4v) is 1.96. The van der Waals surface area contributed by atoms with Crippen molar-refractivity contribution in [3.05, 3.63) is 45.6 Å². The van der Waals surface area contributed by atoms with Crippen LogP contribution in [-0.4, -0.2) is 0 Å². The Morgan fingerprint density at radius 1 is 0.882 bits per heavy atom. The summed E-state index contributed by atoms with van der Waals surface area (Å²) in [6.45, 7) is 4.11. The van der Waals surface area contributed by atoms with Crippen LogP contribution in [0.4, 0.5) is 0 Å². The first-order valence-electron chi connectivity index (χ1n) is 6.84. The molecule has 0 saturated carbocycles. The van der Waals surface area contributed by atoms with Crippen molar-refractivity contribution in [2.45, 2.75) is 58.8 Å². The lowest BCUT2D eigenvalue weighted by Gasteiger charge is -2.00. The maximum atomic E-state index is 11.4. The predicted octanol–water partition coefficient (Wildman–Crippen LogP) is 4.26. The van der Waals surface area contributed by atoms with E-state index in [2.05, 4.69) is 13.0 Å². The van der Waals surface area contributed by atoms with Gasteiger partial charge in [0.05, 0.1) is 0 Å².